The summed E-state index contributed by atoms with van der Waals surface area (Å²) in [6, 6.07) is 10.4. The van der Waals surface area contributed by atoms with Gasteiger partial charge in [0.1, 0.15) is 0 Å². The molecule has 0 heterocycles. The Bertz CT molecular complexity index is 218. The Morgan fingerprint density at radius 3 is 2.62 bits per heavy atom. The van der Waals surface area contributed by atoms with E-state index in [0.29, 0.717) is 6.61 Å². The van der Waals surface area contributed by atoms with Gasteiger partial charge in [-0.3, -0.25) is 0 Å². The van der Waals surface area contributed by atoms with Crippen LogP contribution in [0.5, 0.6) is 0 Å². The first-order valence-electron chi connectivity index (χ1n) is 4.03. The lowest BCUT2D eigenvalue weighted by atomic mass is 10.2. The van der Waals surface area contributed by atoms with E-state index in [2.05, 4.69) is 29.1 Å². The second kappa shape index (κ2) is 7.26. The van der Waals surface area contributed by atoms with Gasteiger partial charge in [-0.15, -0.1) is 0 Å². The molecular formula is C9H13NOS2. The van der Waals surface area contributed by atoms with Crippen LogP contribution in [-0.2, 0) is 10.6 Å². The molecule has 0 amide bonds. The largest absolute Gasteiger partial charge is 0.304 e. The molecule has 0 unspecified atom stereocenters. The Morgan fingerprint density at radius 2 is 1.92 bits per heavy atom. The molecule has 0 atom stereocenters. The van der Waals surface area contributed by atoms with E-state index in [1.807, 2.05) is 16.9 Å². The van der Waals surface area contributed by atoms with Gasteiger partial charge in [0.05, 0.1) is 6.61 Å². The molecule has 72 valence electrons. The molecular weight excluding hydrogens is 202 g/mol. The predicted octanol–water partition coefficient (Wildman–Crippen LogP) is 2.46. The molecule has 0 aromatic heterocycles. The van der Waals surface area contributed by atoms with Crippen molar-refractivity contribution in [3.05, 3.63) is 35.9 Å². The van der Waals surface area contributed by atoms with Crippen LogP contribution in [-0.4, -0.2) is 12.4 Å². The highest BCUT2D eigenvalue weighted by Crippen LogP contribution is 2.25. The fourth-order valence-corrected chi connectivity index (χ4v) is 2.73. The lowest BCUT2D eigenvalue weighted by molar-refractivity contribution is 0.155. The third kappa shape index (κ3) is 5.21. The smallest absolute Gasteiger partial charge is 0.0778 e. The fraction of sp³-hybridized carbons (Fsp3) is 0.333. The van der Waals surface area contributed by atoms with Crippen molar-refractivity contribution in [2.75, 3.05) is 12.4 Å². The highest BCUT2D eigenvalue weighted by Gasteiger charge is 1.92. The molecule has 0 saturated heterocycles. The monoisotopic (exact) mass is 215 g/mol. The normalized spacial score (nSPS) is 10.2. The third-order valence-electron chi connectivity index (χ3n) is 1.44. The second-order valence-electron chi connectivity index (χ2n) is 2.44. The van der Waals surface area contributed by atoms with E-state index in [4.69, 9.17) is 5.90 Å². The summed E-state index contributed by atoms with van der Waals surface area (Å²) >= 11 is 0. The molecule has 2 N–H and O–H groups in total. The summed E-state index contributed by atoms with van der Waals surface area (Å²) in [6.07, 6.45) is 0. The van der Waals surface area contributed by atoms with Crippen LogP contribution in [0, 0.1) is 0 Å². The van der Waals surface area contributed by atoms with Gasteiger partial charge in [-0.25, -0.2) is 5.90 Å². The molecule has 0 saturated carbocycles. The molecule has 0 aliphatic rings. The highest BCUT2D eigenvalue weighted by molar-refractivity contribution is 8.76. The molecule has 0 aliphatic carbocycles. The van der Waals surface area contributed by atoms with Gasteiger partial charge in [0.25, 0.3) is 0 Å². The maximum Gasteiger partial charge on any atom is 0.0778 e. The van der Waals surface area contributed by atoms with E-state index in [0.717, 1.165) is 11.5 Å². The first kappa shape index (κ1) is 10.9. The number of hydrogen-bond acceptors (Lipinski definition) is 4. The van der Waals surface area contributed by atoms with Gasteiger partial charge >= 0.3 is 0 Å². The number of hydrogen-bond donors (Lipinski definition) is 1. The second-order valence-corrected chi connectivity index (χ2v) is 5.02. The molecule has 0 bridgehead atoms. The van der Waals surface area contributed by atoms with Gasteiger partial charge in [0.15, 0.2) is 0 Å². The average Bonchev–Trinajstić information content (AvgIpc) is 2.19. The van der Waals surface area contributed by atoms with Crippen LogP contribution in [0.4, 0.5) is 0 Å². The maximum atomic E-state index is 4.90. The number of benzene rings is 1. The Balaban J connectivity index is 2.07. The van der Waals surface area contributed by atoms with Gasteiger partial charge in [-0.1, -0.05) is 51.9 Å². The molecule has 1 rings (SSSR count). The van der Waals surface area contributed by atoms with Gasteiger partial charge in [0, 0.05) is 11.5 Å². The fourth-order valence-electron chi connectivity index (χ4n) is 0.825. The number of rotatable bonds is 6. The van der Waals surface area contributed by atoms with Crippen molar-refractivity contribution in [3.8, 4) is 0 Å². The van der Waals surface area contributed by atoms with Crippen LogP contribution >= 0.6 is 21.6 Å². The summed E-state index contributed by atoms with van der Waals surface area (Å²) < 4.78 is 0. The first-order chi connectivity index (χ1) is 6.43. The van der Waals surface area contributed by atoms with E-state index < -0.39 is 0 Å². The molecule has 4 heteroatoms. The van der Waals surface area contributed by atoms with E-state index in [-0.39, 0.29) is 0 Å². The molecule has 0 radical (unpaired) electrons. The average molecular weight is 215 g/mol. The Kier molecular flexibility index (Phi) is 6.10. The maximum absolute atomic E-state index is 4.90. The van der Waals surface area contributed by atoms with Gasteiger partial charge in [0.2, 0.25) is 0 Å². The summed E-state index contributed by atoms with van der Waals surface area (Å²) in [5, 5.41) is 0. The topological polar surface area (TPSA) is 35.2 Å². The minimum atomic E-state index is 0.618. The minimum absolute atomic E-state index is 0.618. The quantitative estimate of drug-likeness (QED) is 0.449. The lowest BCUT2D eigenvalue weighted by Gasteiger charge is -2.00. The predicted molar refractivity (Wildman–Crippen MR) is 60.3 cm³/mol. The molecule has 0 spiro atoms. The molecule has 13 heavy (non-hydrogen) atoms. The van der Waals surface area contributed by atoms with Crippen molar-refractivity contribution in [1.82, 2.24) is 0 Å². The minimum Gasteiger partial charge on any atom is -0.304 e. The van der Waals surface area contributed by atoms with Crippen LogP contribution < -0.4 is 5.90 Å². The highest BCUT2D eigenvalue weighted by atomic mass is 33.1. The van der Waals surface area contributed by atoms with Crippen LogP contribution in [0.3, 0.4) is 0 Å². The van der Waals surface area contributed by atoms with E-state index >= 15 is 0 Å². The van der Waals surface area contributed by atoms with Gasteiger partial charge in [-0.05, 0) is 5.56 Å². The van der Waals surface area contributed by atoms with Crippen LogP contribution in [0.2, 0.25) is 0 Å². The zero-order valence-corrected chi connectivity index (χ0v) is 8.94. The zero-order valence-electron chi connectivity index (χ0n) is 7.31. The van der Waals surface area contributed by atoms with Crippen molar-refractivity contribution in [1.29, 1.82) is 0 Å². The Morgan fingerprint density at radius 1 is 1.15 bits per heavy atom. The zero-order chi connectivity index (χ0) is 9.36. The van der Waals surface area contributed by atoms with Gasteiger partial charge < -0.3 is 4.84 Å². The van der Waals surface area contributed by atoms with E-state index in [1.54, 1.807) is 10.8 Å². The summed E-state index contributed by atoms with van der Waals surface area (Å²) in [7, 11) is 3.61. The summed E-state index contributed by atoms with van der Waals surface area (Å²) in [5.41, 5.74) is 1.36. The molecule has 2 nitrogen and oxygen atoms in total. The van der Waals surface area contributed by atoms with Crippen molar-refractivity contribution >= 4 is 21.6 Å². The van der Waals surface area contributed by atoms with E-state index in [9.17, 15) is 0 Å². The summed E-state index contributed by atoms with van der Waals surface area (Å²) in [4.78, 5) is 4.46. The van der Waals surface area contributed by atoms with Crippen molar-refractivity contribution in [2.24, 2.45) is 5.90 Å². The van der Waals surface area contributed by atoms with E-state index in [1.165, 1.54) is 5.56 Å². The molecule has 1 aromatic carbocycles. The molecule has 0 fully saturated rings. The third-order valence-corrected chi connectivity index (χ3v) is 3.74. The van der Waals surface area contributed by atoms with Crippen molar-refractivity contribution in [3.63, 3.8) is 0 Å². The Labute approximate surface area is 86.6 Å². The summed E-state index contributed by atoms with van der Waals surface area (Å²) in [5.74, 6) is 6.88. The van der Waals surface area contributed by atoms with Crippen molar-refractivity contribution in [2.45, 2.75) is 5.75 Å². The Hall–Kier alpha value is -0.160. The van der Waals surface area contributed by atoms with Crippen LogP contribution in [0.1, 0.15) is 5.56 Å². The van der Waals surface area contributed by atoms with Crippen LogP contribution in [0.25, 0.3) is 0 Å². The van der Waals surface area contributed by atoms with Crippen molar-refractivity contribution < 1.29 is 4.84 Å². The SMILES string of the molecule is NOCCSSCc1ccccc1. The lowest BCUT2D eigenvalue weighted by Crippen LogP contribution is -2.01. The summed E-state index contributed by atoms with van der Waals surface area (Å²) in [6.45, 7) is 0.618. The standard InChI is InChI=1S/C9H13NOS2/c10-11-6-7-12-13-8-9-4-2-1-3-5-9/h1-5H,6-8,10H2. The van der Waals surface area contributed by atoms with Gasteiger partial charge in [-0.2, -0.15) is 0 Å². The first-order valence-corrected chi connectivity index (χ1v) is 6.52. The molecule has 1 aromatic rings. The number of nitrogens with two attached hydrogens (primary N) is 1. The van der Waals surface area contributed by atoms with Crippen LogP contribution in [0.15, 0.2) is 30.3 Å². The molecule has 0 aliphatic heterocycles.